The van der Waals surface area contributed by atoms with Crippen molar-refractivity contribution in [3.8, 4) is 0 Å². The Morgan fingerprint density at radius 3 is 2.56 bits per heavy atom. The molecule has 0 bridgehead atoms. The highest BCUT2D eigenvalue weighted by Gasteiger charge is 2.27. The number of aromatic nitrogens is 1. The second-order valence-electron chi connectivity index (χ2n) is 8.55. The molecule has 1 saturated heterocycles. The number of para-hydroxylation sites is 1. The van der Waals surface area contributed by atoms with Crippen molar-refractivity contribution in [2.45, 2.75) is 38.1 Å². The second-order valence-corrected chi connectivity index (χ2v) is 8.55. The summed E-state index contributed by atoms with van der Waals surface area (Å²) in [6, 6.07) is 20.3. The number of pyridine rings is 1. The van der Waals surface area contributed by atoms with Gasteiger partial charge in [-0.25, -0.2) is 4.98 Å². The molecule has 1 fully saturated rings. The molecule has 176 valence electrons. The molecule has 1 unspecified atom stereocenters. The lowest BCUT2D eigenvalue weighted by Gasteiger charge is -2.32. The Hall–Kier alpha value is -3.74. The van der Waals surface area contributed by atoms with E-state index < -0.39 is 5.91 Å². The number of carbonyl (C=O) groups excluding carboxylic acids is 3. The van der Waals surface area contributed by atoms with Crippen LogP contribution in [0.3, 0.4) is 0 Å². The predicted molar refractivity (Wildman–Crippen MR) is 131 cm³/mol. The minimum Gasteiger partial charge on any atom is -0.356 e. The third-order valence-electron chi connectivity index (χ3n) is 6.14. The summed E-state index contributed by atoms with van der Waals surface area (Å²) in [5.41, 5.74) is 1.90. The van der Waals surface area contributed by atoms with E-state index in [1.54, 1.807) is 11.0 Å². The average Bonchev–Trinajstić information content (AvgIpc) is 2.91. The van der Waals surface area contributed by atoms with E-state index in [4.69, 9.17) is 0 Å². The topological polar surface area (TPSA) is 91.4 Å². The first kappa shape index (κ1) is 23.4. The number of rotatable bonds is 4. The van der Waals surface area contributed by atoms with Crippen molar-refractivity contribution < 1.29 is 14.4 Å². The Kier molecular flexibility index (Phi) is 7.86. The third kappa shape index (κ3) is 5.98. The van der Waals surface area contributed by atoms with Gasteiger partial charge in [-0.1, -0.05) is 67.4 Å². The van der Waals surface area contributed by atoms with E-state index in [1.807, 2.05) is 60.7 Å². The fourth-order valence-electron chi connectivity index (χ4n) is 4.31. The first-order chi connectivity index (χ1) is 16.6. The van der Waals surface area contributed by atoms with Crippen LogP contribution in [-0.2, 0) is 9.59 Å². The minimum atomic E-state index is -0.397. The minimum absolute atomic E-state index is 0.0713. The fourth-order valence-corrected chi connectivity index (χ4v) is 4.31. The highest BCUT2D eigenvalue weighted by molar-refractivity contribution is 5.97. The largest absolute Gasteiger partial charge is 0.356 e. The molecule has 2 aromatic carbocycles. The Morgan fingerprint density at radius 1 is 0.941 bits per heavy atom. The average molecular weight is 459 g/mol. The molecular weight excluding hydrogens is 428 g/mol. The highest BCUT2D eigenvalue weighted by atomic mass is 16.2. The molecular formula is C27H30N4O3. The Labute approximate surface area is 199 Å². The van der Waals surface area contributed by atoms with Crippen LogP contribution in [0, 0.1) is 0 Å². The van der Waals surface area contributed by atoms with Crippen LogP contribution >= 0.6 is 0 Å². The van der Waals surface area contributed by atoms with Gasteiger partial charge < -0.3 is 15.5 Å². The smallest absolute Gasteiger partial charge is 0.270 e. The zero-order valence-corrected chi connectivity index (χ0v) is 19.2. The maximum atomic E-state index is 13.3. The predicted octanol–water partition coefficient (Wildman–Crippen LogP) is 3.61. The lowest BCUT2D eigenvalue weighted by atomic mass is 10.0. The quantitative estimate of drug-likeness (QED) is 0.625. The van der Waals surface area contributed by atoms with Gasteiger partial charge in [-0.15, -0.1) is 0 Å². The van der Waals surface area contributed by atoms with Crippen molar-refractivity contribution in [1.82, 2.24) is 20.5 Å². The van der Waals surface area contributed by atoms with Crippen LogP contribution in [0.1, 0.15) is 54.2 Å². The monoisotopic (exact) mass is 458 g/mol. The molecule has 1 aliphatic heterocycles. The molecule has 1 aromatic heterocycles. The van der Waals surface area contributed by atoms with Gasteiger partial charge in [-0.3, -0.25) is 14.4 Å². The summed E-state index contributed by atoms with van der Waals surface area (Å²) >= 11 is 0. The first-order valence-corrected chi connectivity index (χ1v) is 11.9. The maximum absolute atomic E-state index is 13.3. The number of hydrogen-bond donors (Lipinski definition) is 2. The van der Waals surface area contributed by atoms with Crippen LogP contribution < -0.4 is 10.6 Å². The molecule has 3 amide bonds. The van der Waals surface area contributed by atoms with Crippen molar-refractivity contribution in [2.75, 3.05) is 19.6 Å². The lowest BCUT2D eigenvalue weighted by Crippen LogP contribution is -2.44. The Morgan fingerprint density at radius 2 is 1.71 bits per heavy atom. The molecule has 1 atom stereocenters. The summed E-state index contributed by atoms with van der Waals surface area (Å²) in [4.78, 5) is 44.8. The number of benzene rings is 2. The van der Waals surface area contributed by atoms with Crippen LogP contribution in [0.15, 0.2) is 66.7 Å². The molecule has 1 aliphatic rings. The van der Waals surface area contributed by atoms with Crippen LogP contribution in [0.2, 0.25) is 0 Å². The molecule has 4 rings (SSSR count). The summed E-state index contributed by atoms with van der Waals surface area (Å²) < 4.78 is 0. The van der Waals surface area contributed by atoms with E-state index >= 15 is 0 Å². The van der Waals surface area contributed by atoms with E-state index in [0.29, 0.717) is 13.1 Å². The molecule has 7 nitrogen and oxygen atoms in total. The van der Waals surface area contributed by atoms with Crippen LogP contribution in [0.25, 0.3) is 10.9 Å². The summed E-state index contributed by atoms with van der Waals surface area (Å²) in [7, 11) is 0. The van der Waals surface area contributed by atoms with Crippen molar-refractivity contribution in [2.24, 2.45) is 0 Å². The summed E-state index contributed by atoms with van der Waals surface area (Å²) in [6.45, 7) is 1.04. The van der Waals surface area contributed by atoms with E-state index in [0.717, 1.165) is 42.1 Å². The molecule has 34 heavy (non-hydrogen) atoms. The third-order valence-corrected chi connectivity index (χ3v) is 6.14. The van der Waals surface area contributed by atoms with Gasteiger partial charge in [0.1, 0.15) is 5.69 Å². The molecule has 0 spiro atoms. The molecule has 2 N–H and O–H groups in total. The first-order valence-electron chi connectivity index (χ1n) is 11.9. The van der Waals surface area contributed by atoms with Crippen molar-refractivity contribution in [1.29, 1.82) is 0 Å². The standard InChI is InChI=1S/C27H30N4O3/c32-25-18-24(21-11-4-3-5-12-21)31(17-9-2-1-8-16-28-25)26(33)19-29-27(34)23-15-14-20-10-6-7-13-22(20)30-23/h3-7,10-15,24H,1-2,8-9,16-19H2,(H,28,32)(H,29,34). The molecule has 7 heteroatoms. The van der Waals surface area contributed by atoms with Gasteiger partial charge in [0.2, 0.25) is 11.8 Å². The van der Waals surface area contributed by atoms with Gasteiger partial charge in [-0.05, 0) is 30.5 Å². The zero-order valence-electron chi connectivity index (χ0n) is 19.2. The Balaban J connectivity index is 1.50. The fraction of sp³-hybridized carbons (Fsp3) is 0.333. The molecule has 0 aliphatic carbocycles. The number of hydrogen-bond acceptors (Lipinski definition) is 4. The molecule has 0 radical (unpaired) electrons. The van der Waals surface area contributed by atoms with Gasteiger partial charge in [0.05, 0.1) is 24.5 Å². The van der Waals surface area contributed by atoms with Crippen molar-refractivity contribution in [3.63, 3.8) is 0 Å². The maximum Gasteiger partial charge on any atom is 0.270 e. The number of amides is 3. The number of fused-ring (bicyclic) bond motifs is 1. The zero-order chi connectivity index (χ0) is 23.8. The van der Waals surface area contributed by atoms with Gasteiger partial charge >= 0.3 is 0 Å². The van der Waals surface area contributed by atoms with Gasteiger partial charge in [0.25, 0.3) is 5.91 Å². The van der Waals surface area contributed by atoms with E-state index in [-0.39, 0.29) is 36.5 Å². The van der Waals surface area contributed by atoms with Gasteiger partial charge in [0, 0.05) is 18.5 Å². The summed E-state index contributed by atoms with van der Waals surface area (Å²) in [6.07, 6.45) is 3.96. The number of nitrogens with zero attached hydrogens (tertiary/aromatic N) is 2. The normalized spacial score (nSPS) is 17.5. The number of carbonyl (C=O) groups is 3. The molecule has 0 saturated carbocycles. The van der Waals surface area contributed by atoms with Crippen LogP contribution in [-0.4, -0.2) is 47.2 Å². The van der Waals surface area contributed by atoms with Gasteiger partial charge in [0.15, 0.2) is 0 Å². The van der Waals surface area contributed by atoms with E-state index in [1.165, 1.54) is 0 Å². The van der Waals surface area contributed by atoms with E-state index in [9.17, 15) is 14.4 Å². The van der Waals surface area contributed by atoms with Crippen molar-refractivity contribution >= 4 is 28.6 Å². The van der Waals surface area contributed by atoms with Crippen LogP contribution in [0.5, 0.6) is 0 Å². The Bertz CT molecular complexity index is 1150. The highest BCUT2D eigenvalue weighted by Crippen LogP contribution is 2.26. The van der Waals surface area contributed by atoms with E-state index in [2.05, 4.69) is 15.6 Å². The second kappa shape index (κ2) is 11.4. The van der Waals surface area contributed by atoms with Gasteiger partial charge in [-0.2, -0.15) is 0 Å². The van der Waals surface area contributed by atoms with Crippen molar-refractivity contribution in [3.05, 3.63) is 78.0 Å². The molecule has 2 heterocycles. The summed E-state index contributed by atoms with van der Waals surface area (Å²) in [5, 5.41) is 6.64. The summed E-state index contributed by atoms with van der Waals surface area (Å²) in [5.74, 6) is -0.682. The SMILES string of the molecule is O=C1CC(c2ccccc2)N(C(=O)CNC(=O)c2ccc3ccccc3n2)CCCCCCN1. The van der Waals surface area contributed by atoms with Crippen LogP contribution in [0.4, 0.5) is 0 Å². The number of nitrogens with one attached hydrogen (secondary N) is 2. The lowest BCUT2D eigenvalue weighted by molar-refractivity contribution is -0.134. The molecule has 3 aromatic rings.